The van der Waals surface area contributed by atoms with Crippen LogP contribution in [0.15, 0.2) is 0 Å². The summed E-state index contributed by atoms with van der Waals surface area (Å²) in [5, 5.41) is 13.7. The van der Waals surface area contributed by atoms with E-state index < -0.39 is 5.60 Å². The summed E-state index contributed by atoms with van der Waals surface area (Å²) in [5.41, 5.74) is -0.794. The Kier molecular flexibility index (Phi) is 3.52. The van der Waals surface area contributed by atoms with Crippen molar-refractivity contribution >= 4 is 0 Å². The summed E-state index contributed by atoms with van der Waals surface area (Å²) in [7, 11) is 2.10. The van der Waals surface area contributed by atoms with Crippen LogP contribution < -0.4 is 5.32 Å². The minimum atomic E-state index is -0.572. The van der Waals surface area contributed by atoms with Gasteiger partial charge in [-0.15, -0.1) is 0 Å². The zero-order valence-electron chi connectivity index (χ0n) is 12.4. The molecule has 0 amide bonds. The van der Waals surface area contributed by atoms with Crippen molar-refractivity contribution in [3.8, 4) is 0 Å². The second kappa shape index (κ2) is 4.44. The van der Waals surface area contributed by atoms with Crippen LogP contribution in [0.4, 0.5) is 0 Å². The Labute approximate surface area is 111 Å². The zero-order valence-corrected chi connectivity index (χ0v) is 12.4. The van der Waals surface area contributed by atoms with Crippen molar-refractivity contribution in [2.45, 2.75) is 63.4 Å². The number of likely N-dealkylation sites (N-methyl/N-ethyl adjacent to an activating group) is 1. The third kappa shape index (κ3) is 2.87. The molecule has 2 N–H and O–H groups in total. The average Bonchev–Trinajstić information content (AvgIpc) is 2.67. The van der Waals surface area contributed by atoms with Gasteiger partial charge >= 0.3 is 0 Å². The molecule has 2 saturated heterocycles. The van der Waals surface area contributed by atoms with Crippen LogP contribution in [0.25, 0.3) is 0 Å². The van der Waals surface area contributed by atoms with E-state index in [-0.39, 0.29) is 11.2 Å². The van der Waals surface area contributed by atoms with Crippen LogP contribution in [0, 0.1) is 0 Å². The zero-order chi connectivity index (χ0) is 13.6. The van der Waals surface area contributed by atoms with Gasteiger partial charge < -0.3 is 15.2 Å². The number of hydrogen-bond acceptors (Lipinski definition) is 4. The van der Waals surface area contributed by atoms with Crippen LogP contribution in [0.1, 0.15) is 40.5 Å². The largest absolute Gasteiger partial charge is 0.387 e. The number of nitrogens with one attached hydrogen (secondary N) is 1. The van der Waals surface area contributed by atoms with Gasteiger partial charge in [0, 0.05) is 19.1 Å². The summed E-state index contributed by atoms with van der Waals surface area (Å²) in [6, 6.07) is 0.358. The maximum atomic E-state index is 10.5. The van der Waals surface area contributed by atoms with Crippen LogP contribution in [-0.4, -0.2) is 59.5 Å². The highest BCUT2D eigenvalue weighted by atomic mass is 16.5. The van der Waals surface area contributed by atoms with Gasteiger partial charge in [-0.25, -0.2) is 0 Å². The van der Waals surface area contributed by atoms with Gasteiger partial charge in [-0.3, -0.25) is 4.90 Å². The monoisotopic (exact) mass is 256 g/mol. The van der Waals surface area contributed by atoms with E-state index in [9.17, 15) is 5.11 Å². The molecule has 2 rings (SSSR count). The fourth-order valence-corrected chi connectivity index (χ4v) is 3.66. The van der Waals surface area contributed by atoms with E-state index in [4.69, 9.17) is 4.74 Å². The maximum Gasteiger partial charge on any atom is 0.0909 e. The number of aliphatic hydroxyl groups is 1. The predicted octanol–water partition coefficient (Wildman–Crippen LogP) is 0.989. The van der Waals surface area contributed by atoms with E-state index in [2.05, 4.69) is 45.0 Å². The fraction of sp³-hybridized carbons (Fsp3) is 1.00. The molecule has 4 heteroatoms. The molecule has 2 unspecified atom stereocenters. The Balaban J connectivity index is 2.02. The van der Waals surface area contributed by atoms with E-state index >= 15 is 0 Å². The smallest absolute Gasteiger partial charge is 0.0909 e. The van der Waals surface area contributed by atoms with Gasteiger partial charge in [0.2, 0.25) is 0 Å². The topological polar surface area (TPSA) is 44.7 Å². The summed E-state index contributed by atoms with van der Waals surface area (Å²) >= 11 is 0. The van der Waals surface area contributed by atoms with Crippen LogP contribution in [-0.2, 0) is 4.74 Å². The first kappa shape index (κ1) is 14.3. The Hall–Kier alpha value is -0.160. The van der Waals surface area contributed by atoms with Gasteiger partial charge in [0.25, 0.3) is 0 Å². The van der Waals surface area contributed by atoms with E-state index in [1.807, 2.05) is 0 Å². The molecule has 2 heterocycles. The average molecular weight is 256 g/mol. The minimum Gasteiger partial charge on any atom is -0.387 e. The molecular weight excluding hydrogens is 228 g/mol. The van der Waals surface area contributed by atoms with Gasteiger partial charge in [-0.2, -0.15) is 0 Å². The van der Waals surface area contributed by atoms with Crippen molar-refractivity contribution in [3.63, 3.8) is 0 Å². The van der Waals surface area contributed by atoms with Crippen LogP contribution in [0.5, 0.6) is 0 Å². The maximum absolute atomic E-state index is 10.5. The molecule has 2 atom stereocenters. The van der Waals surface area contributed by atoms with Gasteiger partial charge in [0.1, 0.15) is 0 Å². The molecule has 0 saturated carbocycles. The second-order valence-electron chi connectivity index (χ2n) is 7.25. The van der Waals surface area contributed by atoms with Crippen LogP contribution in [0.2, 0.25) is 0 Å². The number of nitrogens with zero attached hydrogens (tertiary/aromatic N) is 1. The Morgan fingerprint density at radius 2 is 2.00 bits per heavy atom. The van der Waals surface area contributed by atoms with Crippen molar-refractivity contribution in [3.05, 3.63) is 0 Å². The van der Waals surface area contributed by atoms with Gasteiger partial charge in [0.15, 0.2) is 0 Å². The molecule has 18 heavy (non-hydrogen) atoms. The number of hydrogen-bond donors (Lipinski definition) is 2. The fourth-order valence-electron chi connectivity index (χ4n) is 3.66. The van der Waals surface area contributed by atoms with Crippen LogP contribution >= 0.6 is 0 Å². The molecule has 0 radical (unpaired) electrons. The first-order valence-corrected chi connectivity index (χ1v) is 6.97. The molecule has 106 valence electrons. The lowest BCUT2D eigenvalue weighted by molar-refractivity contribution is -0.0839. The molecular formula is C14H28N2O2. The summed E-state index contributed by atoms with van der Waals surface area (Å²) in [5.74, 6) is 0. The van der Waals surface area contributed by atoms with Gasteiger partial charge in [0.05, 0.1) is 16.8 Å². The highest BCUT2D eigenvalue weighted by Crippen LogP contribution is 2.40. The first-order chi connectivity index (χ1) is 8.14. The number of ether oxygens (including phenoxy) is 1. The molecule has 2 fully saturated rings. The lowest BCUT2D eigenvalue weighted by Crippen LogP contribution is -2.51. The van der Waals surface area contributed by atoms with E-state index in [1.165, 1.54) is 0 Å². The summed E-state index contributed by atoms with van der Waals surface area (Å²) in [6.45, 7) is 10.9. The molecule has 0 aromatic carbocycles. The molecule has 2 aliphatic rings. The molecule has 4 nitrogen and oxygen atoms in total. The van der Waals surface area contributed by atoms with Crippen molar-refractivity contribution in [1.82, 2.24) is 10.2 Å². The third-order valence-electron chi connectivity index (χ3n) is 4.32. The van der Waals surface area contributed by atoms with E-state index in [0.29, 0.717) is 19.1 Å². The van der Waals surface area contributed by atoms with Gasteiger partial charge in [-0.1, -0.05) is 0 Å². The summed E-state index contributed by atoms with van der Waals surface area (Å²) < 4.78 is 6.13. The molecule has 0 aromatic rings. The number of rotatable bonds is 3. The lowest BCUT2D eigenvalue weighted by atomic mass is 9.91. The van der Waals surface area contributed by atoms with Crippen molar-refractivity contribution < 1.29 is 9.84 Å². The summed E-state index contributed by atoms with van der Waals surface area (Å²) in [4.78, 5) is 2.28. The first-order valence-electron chi connectivity index (χ1n) is 6.97. The lowest BCUT2D eigenvalue weighted by Gasteiger charge is -2.37. The van der Waals surface area contributed by atoms with Crippen molar-refractivity contribution in [2.24, 2.45) is 0 Å². The van der Waals surface area contributed by atoms with E-state index in [1.54, 1.807) is 0 Å². The van der Waals surface area contributed by atoms with Crippen molar-refractivity contribution in [2.75, 3.05) is 26.7 Å². The Morgan fingerprint density at radius 1 is 1.33 bits per heavy atom. The highest BCUT2D eigenvalue weighted by Gasteiger charge is 2.48. The normalized spacial score (nSPS) is 38.5. The molecule has 2 aliphatic heterocycles. The molecule has 0 bridgehead atoms. The quantitative estimate of drug-likeness (QED) is 0.790. The van der Waals surface area contributed by atoms with Gasteiger partial charge in [-0.05, 0) is 54.1 Å². The Morgan fingerprint density at radius 3 is 2.44 bits per heavy atom. The van der Waals surface area contributed by atoms with E-state index in [0.717, 1.165) is 19.4 Å². The van der Waals surface area contributed by atoms with Crippen molar-refractivity contribution in [1.29, 1.82) is 0 Å². The summed E-state index contributed by atoms with van der Waals surface area (Å²) in [6.07, 6.45) is 1.86. The molecule has 0 spiro atoms. The number of β-amino-alcohol motifs (C(OH)–C–C–N with tert-alkyl or cyclic N) is 1. The minimum absolute atomic E-state index is 0.0705. The van der Waals surface area contributed by atoms with Crippen LogP contribution in [0.3, 0.4) is 0 Å². The Bertz CT molecular complexity index is 309. The third-order valence-corrected chi connectivity index (χ3v) is 4.32. The highest BCUT2D eigenvalue weighted by molar-refractivity contribution is 5.01. The predicted molar refractivity (Wildman–Crippen MR) is 72.7 cm³/mol. The second-order valence-corrected chi connectivity index (χ2v) is 7.25. The molecule has 0 aromatic heterocycles. The standard InChI is InChI=1S/C14H28N2O2/c1-12(2)8-11(13(3,4)18-12)16(5)10-14(17)6-7-15-9-14/h11,15,17H,6-10H2,1-5H3. The molecule has 0 aliphatic carbocycles. The SMILES string of the molecule is CN(CC1(O)CCNC1)C1CC(C)(C)OC1(C)C.